The SMILES string of the molecule is COc1nc(-c2cc(C#N)ccc2Cl)cc2c1c(=O)n(-c1cnc3ccccn13)c(=O)n2Cc1ccc(F)c(C#N)c1. The Labute approximate surface area is 241 Å². The van der Waals surface area contributed by atoms with Crippen molar-refractivity contribution in [2.24, 2.45) is 0 Å². The number of hydrogen-bond acceptors (Lipinski definition) is 7. The maximum Gasteiger partial charge on any atom is 0.337 e. The van der Waals surface area contributed by atoms with E-state index in [9.17, 15) is 24.5 Å². The normalized spacial score (nSPS) is 11.0. The number of hydrogen-bond donors (Lipinski definition) is 0. The lowest BCUT2D eigenvalue weighted by molar-refractivity contribution is 0.403. The Kier molecular flexibility index (Phi) is 6.50. The van der Waals surface area contributed by atoms with Gasteiger partial charge in [-0.05, 0) is 54.1 Å². The van der Waals surface area contributed by atoms with Crippen molar-refractivity contribution in [1.82, 2.24) is 23.5 Å². The van der Waals surface area contributed by atoms with E-state index in [4.69, 9.17) is 16.3 Å². The predicted molar refractivity (Wildman–Crippen MR) is 152 cm³/mol. The van der Waals surface area contributed by atoms with E-state index in [1.54, 1.807) is 47.0 Å². The Bertz CT molecular complexity index is 2280. The Morgan fingerprint density at radius 3 is 2.64 bits per heavy atom. The fraction of sp³-hybridized carbons (Fsp3) is 0.0667. The van der Waals surface area contributed by atoms with Gasteiger partial charge in [-0.25, -0.2) is 23.7 Å². The van der Waals surface area contributed by atoms with Crippen molar-refractivity contribution in [3.8, 4) is 35.1 Å². The third-order valence-electron chi connectivity index (χ3n) is 6.78. The Balaban J connectivity index is 1.72. The molecule has 0 aliphatic heterocycles. The van der Waals surface area contributed by atoms with E-state index in [0.717, 1.165) is 10.6 Å². The van der Waals surface area contributed by atoms with Crippen LogP contribution in [0, 0.1) is 28.5 Å². The Morgan fingerprint density at radius 2 is 1.88 bits per heavy atom. The molecule has 0 N–H and O–H groups in total. The molecule has 0 aliphatic carbocycles. The molecular weight excluding hydrogens is 561 g/mol. The number of rotatable bonds is 5. The van der Waals surface area contributed by atoms with Gasteiger partial charge >= 0.3 is 5.69 Å². The van der Waals surface area contributed by atoms with Crippen LogP contribution in [-0.4, -0.2) is 30.6 Å². The highest BCUT2D eigenvalue weighted by Crippen LogP contribution is 2.32. The lowest BCUT2D eigenvalue weighted by Crippen LogP contribution is -2.40. The lowest BCUT2D eigenvalue weighted by Gasteiger charge is -2.17. The zero-order valence-corrected chi connectivity index (χ0v) is 22.5. The summed E-state index contributed by atoms with van der Waals surface area (Å²) in [4.78, 5) is 37.1. The molecule has 12 heteroatoms. The van der Waals surface area contributed by atoms with Crippen LogP contribution in [0.3, 0.4) is 0 Å². The predicted octanol–water partition coefficient (Wildman–Crippen LogP) is 4.45. The van der Waals surface area contributed by atoms with Crippen LogP contribution >= 0.6 is 11.6 Å². The van der Waals surface area contributed by atoms with Gasteiger partial charge in [0.1, 0.15) is 28.7 Å². The Hall–Kier alpha value is -5.78. The molecule has 42 heavy (non-hydrogen) atoms. The topological polar surface area (TPSA) is 131 Å². The van der Waals surface area contributed by atoms with Gasteiger partial charge in [-0.3, -0.25) is 13.8 Å². The van der Waals surface area contributed by atoms with Crippen LogP contribution in [0.1, 0.15) is 16.7 Å². The van der Waals surface area contributed by atoms with Gasteiger partial charge in [-0.2, -0.15) is 10.5 Å². The highest BCUT2D eigenvalue weighted by molar-refractivity contribution is 6.33. The molecule has 4 aromatic heterocycles. The average molecular weight is 578 g/mol. The van der Waals surface area contributed by atoms with Crippen LogP contribution in [0.5, 0.6) is 5.88 Å². The summed E-state index contributed by atoms with van der Waals surface area (Å²) in [6.45, 7) is -0.139. The molecule has 0 atom stereocenters. The van der Waals surface area contributed by atoms with Crippen LogP contribution in [0.25, 0.3) is 33.6 Å². The van der Waals surface area contributed by atoms with E-state index in [1.165, 1.54) is 42.1 Å². The zero-order valence-electron chi connectivity index (χ0n) is 21.7. The summed E-state index contributed by atoms with van der Waals surface area (Å²) in [5.74, 6) is -0.600. The van der Waals surface area contributed by atoms with Crippen LogP contribution in [0.15, 0.2) is 82.6 Å². The fourth-order valence-corrected chi connectivity index (χ4v) is 5.01. The maximum absolute atomic E-state index is 14.2. The minimum absolute atomic E-state index is 0.0121. The molecule has 204 valence electrons. The first-order chi connectivity index (χ1) is 20.3. The zero-order chi connectivity index (χ0) is 29.5. The summed E-state index contributed by atoms with van der Waals surface area (Å²) in [5, 5.41) is 19.1. The van der Waals surface area contributed by atoms with E-state index in [2.05, 4.69) is 16.0 Å². The minimum Gasteiger partial charge on any atom is -0.480 e. The third-order valence-corrected chi connectivity index (χ3v) is 7.11. The number of imidazole rings is 1. The van der Waals surface area contributed by atoms with Crippen molar-refractivity contribution in [2.75, 3.05) is 7.11 Å². The third kappa shape index (κ3) is 4.25. The van der Waals surface area contributed by atoms with Crippen molar-refractivity contribution in [3.63, 3.8) is 0 Å². The quantitative estimate of drug-likeness (QED) is 0.296. The van der Waals surface area contributed by atoms with Crippen LogP contribution < -0.4 is 16.0 Å². The molecule has 0 radical (unpaired) electrons. The molecule has 0 aliphatic rings. The highest BCUT2D eigenvalue weighted by atomic mass is 35.5. The number of benzene rings is 2. The van der Waals surface area contributed by atoms with Gasteiger partial charge in [-0.1, -0.05) is 23.7 Å². The molecule has 2 aromatic carbocycles. The number of pyridine rings is 2. The maximum atomic E-state index is 14.2. The van der Waals surface area contributed by atoms with Gasteiger partial charge < -0.3 is 4.74 Å². The van der Waals surface area contributed by atoms with Gasteiger partial charge in [-0.15, -0.1) is 0 Å². The molecule has 4 heterocycles. The van der Waals surface area contributed by atoms with Gasteiger partial charge in [0.15, 0.2) is 0 Å². The number of ether oxygens (including phenoxy) is 1. The molecule has 0 fully saturated rings. The Morgan fingerprint density at radius 1 is 1.05 bits per heavy atom. The van der Waals surface area contributed by atoms with Crippen molar-refractivity contribution in [2.45, 2.75) is 6.54 Å². The molecule has 6 rings (SSSR count). The molecule has 6 aromatic rings. The van der Waals surface area contributed by atoms with Gasteiger partial charge in [0.05, 0.1) is 53.3 Å². The molecule has 10 nitrogen and oxygen atoms in total. The lowest BCUT2D eigenvalue weighted by atomic mass is 10.1. The first-order valence-corrected chi connectivity index (χ1v) is 12.8. The van der Waals surface area contributed by atoms with Gasteiger partial charge in [0.2, 0.25) is 5.88 Å². The largest absolute Gasteiger partial charge is 0.480 e. The molecule has 0 saturated carbocycles. The number of methoxy groups -OCH3 is 1. The second-order valence-corrected chi connectivity index (χ2v) is 9.61. The molecule has 0 amide bonds. The van der Waals surface area contributed by atoms with Gasteiger partial charge in [0.25, 0.3) is 5.56 Å². The summed E-state index contributed by atoms with van der Waals surface area (Å²) in [6.07, 6.45) is 3.07. The van der Waals surface area contributed by atoms with Crippen molar-refractivity contribution < 1.29 is 9.13 Å². The van der Waals surface area contributed by atoms with Crippen molar-refractivity contribution >= 4 is 28.2 Å². The van der Waals surface area contributed by atoms with E-state index in [1.807, 2.05) is 0 Å². The van der Waals surface area contributed by atoms with Crippen LogP contribution in [-0.2, 0) is 6.54 Å². The molecule has 0 bridgehead atoms. The number of halogens is 2. The van der Waals surface area contributed by atoms with Crippen molar-refractivity contribution in [3.05, 3.63) is 121 Å². The van der Waals surface area contributed by atoms with Crippen molar-refractivity contribution in [1.29, 1.82) is 10.5 Å². The van der Waals surface area contributed by atoms with Crippen LogP contribution in [0.2, 0.25) is 5.02 Å². The molecular formula is C30H17ClFN7O3. The van der Waals surface area contributed by atoms with E-state index >= 15 is 0 Å². The highest BCUT2D eigenvalue weighted by Gasteiger charge is 2.23. The monoisotopic (exact) mass is 577 g/mol. The second-order valence-electron chi connectivity index (χ2n) is 9.20. The van der Waals surface area contributed by atoms with Crippen LogP contribution in [0.4, 0.5) is 4.39 Å². The average Bonchev–Trinajstić information content (AvgIpc) is 3.43. The standard InChI is InChI=1S/C30H17ClFN7O3/c1-42-28-27-24(12-23(36-28)20-11-17(13-33)5-7-21(20)31)38(16-18-6-8-22(32)19(10-18)14-34)30(41)39(29(27)40)26-15-35-25-4-2-3-9-37(25)26/h2-12,15H,16H2,1H3. The second kappa shape index (κ2) is 10.3. The number of fused-ring (bicyclic) bond motifs is 2. The van der Waals surface area contributed by atoms with E-state index in [0.29, 0.717) is 22.3 Å². The fourth-order valence-electron chi connectivity index (χ4n) is 4.80. The number of nitriles is 2. The smallest absolute Gasteiger partial charge is 0.337 e. The summed E-state index contributed by atoms with van der Waals surface area (Å²) in [6, 6.07) is 19.2. The first kappa shape index (κ1) is 26.4. The number of aromatic nitrogens is 5. The van der Waals surface area contributed by atoms with Gasteiger partial charge in [0, 0.05) is 11.8 Å². The molecule has 0 saturated heterocycles. The van der Waals surface area contributed by atoms with E-state index < -0.39 is 17.1 Å². The summed E-state index contributed by atoms with van der Waals surface area (Å²) in [7, 11) is 1.34. The summed E-state index contributed by atoms with van der Waals surface area (Å²) < 4.78 is 23.5. The first-order valence-electron chi connectivity index (χ1n) is 12.4. The summed E-state index contributed by atoms with van der Waals surface area (Å²) >= 11 is 6.46. The van der Waals surface area contributed by atoms with E-state index in [-0.39, 0.29) is 45.4 Å². The molecule has 0 spiro atoms. The number of nitrogens with zero attached hydrogens (tertiary/aromatic N) is 7. The molecule has 0 unspecified atom stereocenters. The summed E-state index contributed by atoms with van der Waals surface area (Å²) in [5.41, 5.74) is 0.423. The minimum atomic E-state index is -0.725.